The Morgan fingerprint density at radius 2 is 1.57 bits per heavy atom. The van der Waals surface area contributed by atoms with E-state index in [0.717, 1.165) is 32.4 Å². The van der Waals surface area contributed by atoms with Crippen LogP contribution in [-0.4, -0.2) is 40.5 Å². The van der Waals surface area contributed by atoms with Crippen LogP contribution in [0.3, 0.4) is 0 Å². The summed E-state index contributed by atoms with van der Waals surface area (Å²) in [6.07, 6.45) is 2.57. The quantitative estimate of drug-likeness (QED) is 0.710. The summed E-state index contributed by atoms with van der Waals surface area (Å²) in [5, 5.41) is 0. The molecule has 1 rings (SSSR count). The second kappa shape index (κ2) is 6.37. The first-order valence-corrected chi connectivity index (χ1v) is 8.59. The molecule has 1 saturated heterocycles. The number of rotatable bonds is 7. The summed E-state index contributed by atoms with van der Waals surface area (Å²) >= 11 is 0. The van der Waals surface area contributed by atoms with Crippen molar-refractivity contribution < 1.29 is 9.53 Å². The standard InChI is InChI=1S/C18H35NO2/c1-9-18(10-2,19(11-3)12-4)15(20)14-13-16(5,6)21-17(14,7)8/h14H,9-13H2,1-8H3. The third-order valence-corrected chi connectivity index (χ3v) is 5.39. The lowest BCUT2D eigenvalue weighted by molar-refractivity contribution is -0.142. The maximum absolute atomic E-state index is 13.5. The summed E-state index contributed by atoms with van der Waals surface area (Å²) < 4.78 is 6.16. The van der Waals surface area contributed by atoms with Crippen LogP contribution in [0.2, 0.25) is 0 Å². The number of ketones is 1. The summed E-state index contributed by atoms with van der Waals surface area (Å²) in [5.74, 6) is 0.361. The van der Waals surface area contributed by atoms with Gasteiger partial charge >= 0.3 is 0 Å². The van der Waals surface area contributed by atoms with Crippen LogP contribution in [0, 0.1) is 5.92 Å². The van der Waals surface area contributed by atoms with E-state index in [0.29, 0.717) is 5.78 Å². The number of hydrogen-bond donors (Lipinski definition) is 0. The Balaban J connectivity index is 3.18. The van der Waals surface area contributed by atoms with Crippen molar-refractivity contribution in [3.63, 3.8) is 0 Å². The Bertz CT molecular complexity index is 365. The minimum absolute atomic E-state index is 0.0204. The van der Waals surface area contributed by atoms with Gasteiger partial charge < -0.3 is 4.74 Å². The zero-order valence-corrected chi connectivity index (χ0v) is 15.4. The molecular formula is C18H35NO2. The molecule has 1 fully saturated rings. The van der Waals surface area contributed by atoms with Crippen LogP contribution in [-0.2, 0) is 9.53 Å². The molecule has 1 aliphatic rings. The lowest BCUT2D eigenvalue weighted by Gasteiger charge is -2.44. The molecule has 1 aliphatic heterocycles. The van der Waals surface area contributed by atoms with Crippen LogP contribution < -0.4 is 0 Å². The van der Waals surface area contributed by atoms with E-state index in [1.54, 1.807) is 0 Å². The summed E-state index contributed by atoms with van der Waals surface area (Å²) in [6, 6.07) is 0. The molecule has 0 bridgehead atoms. The van der Waals surface area contributed by atoms with Crippen molar-refractivity contribution in [1.29, 1.82) is 0 Å². The average molecular weight is 297 g/mol. The SMILES string of the molecule is CCN(CC)C(CC)(CC)C(=O)C1CC(C)(C)OC1(C)C. The molecule has 1 atom stereocenters. The van der Waals surface area contributed by atoms with E-state index in [-0.39, 0.29) is 22.7 Å². The molecule has 0 saturated carbocycles. The number of Topliss-reactive ketones (excluding diaryl/α,β-unsaturated/α-hetero) is 1. The molecule has 0 N–H and O–H groups in total. The highest BCUT2D eigenvalue weighted by molar-refractivity contribution is 5.91. The van der Waals surface area contributed by atoms with Crippen molar-refractivity contribution in [2.75, 3.05) is 13.1 Å². The van der Waals surface area contributed by atoms with Crippen molar-refractivity contribution in [2.24, 2.45) is 5.92 Å². The van der Waals surface area contributed by atoms with Crippen molar-refractivity contribution in [3.05, 3.63) is 0 Å². The van der Waals surface area contributed by atoms with E-state index in [1.807, 2.05) is 0 Å². The van der Waals surface area contributed by atoms with Crippen LogP contribution in [0.5, 0.6) is 0 Å². The van der Waals surface area contributed by atoms with Crippen molar-refractivity contribution in [2.45, 2.75) is 91.4 Å². The summed E-state index contributed by atoms with van der Waals surface area (Å²) in [6.45, 7) is 18.8. The molecule has 0 aromatic carbocycles. The fourth-order valence-electron chi connectivity index (χ4n) is 4.33. The lowest BCUT2D eigenvalue weighted by Crippen LogP contribution is -2.57. The second-order valence-electron chi connectivity index (χ2n) is 7.50. The Kier molecular flexibility index (Phi) is 5.66. The maximum Gasteiger partial charge on any atom is 0.159 e. The highest BCUT2D eigenvalue weighted by atomic mass is 16.5. The first kappa shape index (κ1) is 18.6. The molecule has 124 valence electrons. The van der Waals surface area contributed by atoms with Gasteiger partial charge in [0.1, 0.15) is 0 Å². The first-order valence-electron chi connectivity index (χ1n) is 8.59. The van der Waals surface area contributed by atoms with E-state index >= 15 is 0 Å². The monoisotopic (exact) mass is 297 g/mol. The van der Waals surface area contributed by atoms with E-state index in [1.165, 1.54) is 0 Å². The van der Waals surface area contributed by atoms with E-state index in [2.05, 4.69) is 60.3 Å². The zero-order chi connectivity index (χ0) is 16.5. The van der Waals surface area contributed by atoms with Gasteiger partial charge in [0.2, 0.25) is 0 Å². The summed E-state index contributed by atoms with van der Waals surface area (Å²) in [7, 11) is 0. The first-order chi connectivity index (χ1) is 9.60. The smallest absolute Gasteiger partial charge is 0.159 e. The Labute approximate surface area is 131 Å². The Morgan fingerprint density at radius 1 is 1.10 bits per heavy atom. The Hall–Kier alpha value is -0.410. The highest BCUT2D eigenvalue weighted by Crippen LogP contribution is 2.45. The van der Waals surface area contributed by atoms with Gasteiger partial charge in [-0.3, -0.25) is 9.69 Å². The van der Waals surface area contributed by atoms with Gasteiger partial charge in [0.05, 0.1) is 22.7 Å². The lowest BCUT2D eigenvalue weighted by atomic mass is 9.73. The molecule has 3 heteroatoms. The summed E-state index contributed by atoms with van der Waals surface area (Å²) in [4.78, 5) is 15.8. The number of carbonyl (C=O) groups is 1. The molecular weight excluding hydrogens is 262 g/mol. The number of ether oxygens (including phenoxy) is 1. The van der Waals surface area contributed by atoms with Crippen molar-refractivity contribution >= 4 is 5.78 Å². The van der Waals surface area contributed by atoms with Gasteiger partial charge in [0, 0.05) is 0 Å². The molecule has 0 spiro atoms. The molecule has 1 heterocycles. The highest BCUT2D eigenvalue weighted by Gasteiger charge is 2.54. The second-order valence-corrected chi connectivity index (χ2v) is 7.50. The molecule has 0 amide bonds. The molecule has 3 nitrogen and oxygen atoms in total. The van der Waals surface area contributed by atoms with Gasteiger partial charge in [-0.25, -0.2) is 0 Å². The number of hydrogen-bond acceptors (Lipinski definition) is 3. The predicted octanol–water partition coefficient (Wildman–Crippen LogP) is 4.05. The van der Waals surface area contributed by atoms with Gasteiger partial charge in [-0.15, -0.1) is 0 Å². The minimum Gasteiger partial charge on any atom is -0.369 e. The van der Waals surface area contributed by atoms with Gasteiger partial charge in [-0.2, -0.15) is 0 Å². The van der Waals surface area contributed by atoms with E-state index in [4.69, 9.17) is 4.74 Å². The molecule has 0 radical (unpaired) electrons. The molecule has 0 aliphatic carbocycles. The minimum atomic E-state index is -0.372. The zero-order valence-electron chi connectivity index (χ0n) is 15.4. The number of likely N-dealkylation sites (N-methyl/N-ethyl adjacent to an activating group) is 1. The third-order valence-electron chi connectivity index (χ3n) is 5.39. The third kappa shape index (κ3) is 3.34. The molecule has 0 aromatic rings. The predicted molar refractivity (Wildman–Crippen MR) is 88.6 cm³/mol. The van der Waals surface area contributed by atoms with Crippen LogP contribution in [0.25, 0.3) is 0 Å². The van der Waals surface area contributed by atoms with E-state index < -0.39 is 0 Å². The van der Waals surface area contributed by atoms with Crippen molar-refractivity contribution in [3.8, 4) is 0 Å². The maximum atomic E-state index is 13.5. The molecule has 0 aromatic heterocycles. The summed E-state index contributed by atoms with van der Waals surface area (Å²) in [5.41, 5.74) is -0.918. The normalized spacial score (nSPS) is 24.5. The van der Waals surface area contributed by atoms with Crippen molar-refractivity contribution in [1.82, 2.24) is 4.90 Å². The topological polar surface area (TPSA) is 29.5 Å². The van der Waals surface area contributed by atoms with E-state index in [9.17, 15) is 4.79 Å². The fraction of sp³-hybridized carbons (Fsp3) is 0.944. The average Bonchev–Trinajstić information content (AvgIpc) is 2.63. The van der Waals surface area contributed by atoms with Crippen LogP contribution in [0.1, 0.15) is 74.7 Å². The number of nitrogens with zero attached hydrogens (tertiary/aromatic N) is 1. The fourth-order valence-corrected chi connectivity index (χ4v) is 4.33. The van der Waals surface area contributed by atoms with Crippen LogP contribution in [0.15, 0.2) is 0 Å². The molecule has 21 heavy (non-hydrogen) atoms. The van der Waals surface area contributed by atoms with Gasteiger partial charge in [-0.1, -0.05) is 27.7 Å². The van der Waals surface area contributed by atoms with Gasteiger partial charge in [0.15, 0.2) is 5.78 Å². The van der Waals surface area contributed by atoms with Crippen LogP contribution >= 0.6 is 0 Å². The Morgan fingerprint density at radius 3 is 1.86 bits per heavy atom. The molecule has 1 unspecified atom stereocenters. The van der Waals surface area contributed by atoms with Crippen LogP contribution in [0.4, 0.5) is 0 Å². The number of carbonyl (C=O) groups excluding carboxylic acids is 1. The van der Waals surface area contributed by atoms with Gasteiger partial charge in [0.25, 0.3) is 0 Å². The largest absolute Gasteiger partial charge is 0.369 e. The van der Waals surface area contributed by atoms with Gasteiger partial charge in [-0.05, 0) is 60.0 Å².